The second-order valence-corrected chi connectivity index (χ2v) is 6.12. The molecule has 2 unspecified atom stereocenters. The van der Waals surface area contributed by atoms with Gasteiger partial charge in [0.25, 0.3) is 0 Å². The summed E-state index contributed by atoms with van der Waals surface area (Å²) >= 11 is 1.87. The fourth-order valence-electron chi connectivity index (χ4n) is 2.17. The summed E-state index contributed by atoms with van der Waals surface area (Å²) in [5.41, 5.74) is 0. The zero-order valence-electron chi connectivity index (χ0n) is 11.0. The van der Waals surface area contributed by atoms with Gasteiger partial charge in [0, 0.05) is 17.0 Å². The van der Waals surface area contributed by atoms with Crippen molar-refractivity contribution in [3.05, 3.63) is 22.4 Å². The minimum atomic E-state index is 0.630. The molecule has 0 aliphatic carbocycles. The van der Waals surface area contributed by atoms with Crippen LogP contribution in [0.5, 0.6) is 0 Å². The third-order valence-corrected chi connectivity index (χ3v) is 3.76. The van der Waals surface area contributed by atoms with Crippen molar-refractivity contribution in [3.8, 4) is 0 Å². The van der Waals surface area contributed by atoms with E-state index in [0.29, 0.717) is 12.1 Å². The Morgan fingerprint density at radius 2 is 2.06 bits per heavy atom. The molecule has 0 fully saturated rings. The van der Waals surface area contributed by atoms with Crippen molar-refractivity contribution >= 4 is 11.3 Å². The van der Waals surface area contributed by atoms with E-state index in [2.05, 4.69) is 50.5 Å². The minimum Gasteiger partial charge on any atom is -0.311 e. The van der Waals surface area contributed by atoms with Crippen LogP contribution in [-0.2, 0) is 6.42 Å². The highest BCUT2D eigenvalue weighted by atomic mass is 32.1. The van der Waals surface area contributed by atoms with Gasteiger partial charge in [-0.15, -0.1) is 11.3 Å². The van der Waals surface area contributed by atoms with Crippen LogP contribution in [0.3, 0.4) is 0 Å². The molecule has 0 spiro atoms. The Morgan fingerprint density at radius 3 is 2.56 bits per heavy atom. The summed E-state index contributed by atoms with van der Waals surface area (Å²) in [5.74, 6) is 0.779. The van der Waals surface area contributed by atoms with Crippen LogP contribution in [-0.4, -0.2) is 12.1 Å². The van der Waals surface area contributed by atoms with E-state index in [1.807, 2.05) is 11.3 Å². The third-order valence-electron chi connectivity index (χ3n) is 2.87. The largest absolute Gasteiger partial charge is 0.311 e. The lowest BCUT2D eigenvalue weighted by molar-refractivity contribution is 0.381. The zero-order chi connectivity index (χ0) is 12.0. The maximum Gasteiger partial charge on any atom is 0.0115 e. The molecule has 0 saturated carbocycles. The molecule has 0 saturated heterocycles. The van der Waals surface area contributed by atoms with Crippen molar-refractivity contribution in [2.45, 2.75) is 59.0 Å². The van der Waals surface area contributed by atoms with Gasteiger partial charge in [0.15, 0.2) is 0 Å². The van der Waals surface area contributed by atoms with Crippen molar-refractivity contribution in [3.63, 3.8) is 0 Å². The standard InChI is InChI=1S/C14H25NS/c1-5-13(10-14-7-6-8-16-14)15-12(4)9-11(2)3/h6-8,11-13,15H,5,9-10H2,1-4H3. The molecule has 1 aromatic rings. The van der Waals surface area contributed by atoms with E-state index in [1.54, 1.807) is 0 Å². The second-order valence-electron chi connectivity index (χ2n) is 5.09. The molecule has 0 bridgehead atoms. The molecule has 1 aromatic heterocycles. The second kappa shape index (κ2) is 7.08. The molecule has 0 amide bonds. The maximum absolute atomic E-state index is 3.74. The van der Waals surface area contributed by atoms with Crippen molar-refractivity contribution in [2.75, 3.05) is 0 Å². The van der Waals surface area contributed by atoms with Gasteiger partial charge in [0.2, 0.25) is 0 Å². The number of rotatable bonds is 7. The molecule has 0 radical (unpaired) electrons. The van der Waals surface area contributed by atoms with Crippen LogP contribution in [0.2, 0.25) is 0 Å². The minimum absolute atomic E-state index is 0.630. The molecule has 2 heteroatoms. The van der Waals surface area contributed by atoms with Crippen LogP contribution in [0.1, 0.15) is 45.4 Å². The fourth-order valence-corrected chi connectivity index (χ4v) is 2.96. The van der Waals surface area contributed by atoms with Gasteiger partial charge in [-0.2, -0.15) is 0 Å². The average molecular weight is 239 g/mol. The van der Waals surface area contributed by atoms with E-state index < -0.39 is 0 Å². The van der Waals surface area contributed by atoms with Gasteiger partial charge in [-0.25, -0.2) is 0 Å². The van der Waals surface area contributed by atoms with Crippen LogP contribution in [0.4, 0.5) is 0 Å². The lowest BCUT2D eigenvalue weighted by Gasteiger charge is -2.23. The molecule has 92 valence electrons. The van der Waals surface area contributed by atoms with Crippen molar-refractivity contribution in [2.24, 2.45) is 5.92 Å². The molecular weight excluding hydrogens is 214 g/mol. The first-order chi connectivity index (χ1) is 7.61. The van der Waals surface area contributed by atoms with Gasteiger partial charge < -0.3 is 5.32 Å². The van der Waals surface area contributed by atoms with Crippen molar-refractivity contribution in [1.29, 1.82) is 0 Å². The number of hydrogen-bond donors (Lipinski definition) is 1. The predicted molar refractivity (Wildman–Crippen MR) is 74.2 cm³/mol. The van der Waals surface area contributed by atoms with Gasteiger partial charge >= 0.3 is 0 Å². The van der Waals surface area contributed by atoms with Gasteiger partial charge in [0.1, 0.15) is 0 Å². The molecule has 1 heterocycles. The summed E-state index contributed by atoms with van der Waals surface area (Å²) in [7, 11) is 0. The van der Waals surface area contributed by atoms with E-state index in [9.17, 15) is 0 Å². The average Bonchev–Trinajstić information content (AvgIpc) is 2.68. The number of thiophene rings is 1. The first-order valence-electron chi connectivity index (χ1n) is 6.40. The molecule has 0 aromatic carbocycles. The number of nitrogens with one attached hydrogen (secondary N) is 1. The SMILES string of the molecule is CCC(Cc1cccs1)NC(C)CC(C)C. The summed E-state index contributed by atoms with van der Waals surface area (Å²) in [6.07, 6.45) is 3.65. The Balaban J connectivity index is 2.37. The van der Waals surface area contributed by atoms with Gasteiger partial charge in [-0.05, 0) is 43.6 Å². The Hall–Kier alpha value is -0.340. The molecule has 1 nitrogen and oxygen atoms in total. The van der Waals surface area contributed by atoms with Crippen LogP contribution in [0.25, 0.3) is 0 Å². The Kier molecular flexibility index (Phi) is 6.07. The van der Waals surface area contributed by atoms with Crippen LogP contribution >= 0.6 is 11.3 Å². The summed E-state index contributed by atoms with van der Waals surface area (Å²) in [6.45, 7) is 9.15. The fraction of sp³-hybridized carbons (Fsp3) is 0.714. The highest BCUT2D eigenvalue weighted by Crippen LogP contribution is 2.14. The highest BCUT2D eigenvalue weighted by molar-refractivity contribution is 7.09. The van der Waals surface area contributed by atoms with Gasteiger partial charge in [0.05, 0.1) is 0 Å². The van der Waals surface area contributed by atoms with Crippen molar-refractivity contribution in [1.82, 2.24) is 5.32 Å². The molecule has 1 N–H and O–H groups in total. The van der Waals surface area contributed by atoms with E-state index in [1.165, 1.54) is 24.1 Å². The third kappa shape index (κ3) is 5.13. The Morgan fingerprint density at radius 1 is 1.31 bits per heavy atom. The summed E-state index contributed by atoms with van der Waals surface area (Å²) in [4.78, 5) is 1.50. The zero-order valence-corrected chi connectivity index (χ0v) is 11.8. The van der Waals surface area contributed by atoms with Gasteiger partial charge in [-0.1, -0.05) is 26.8 Å². The van der Waals surface area contributed by atoms with Crippen LogP contribution in [0.15, 0.2) is 17.5 Å². The Labute approximate surface area is 104 Å². The maximum atomic E-state index is 3.74. The topological polar surface area (TPSA) is 12.0 Å². The lowest BCUT2D eigenvalue weighted by Crippen LogP contribution is -2.38. The summed E-state index contributed by atoms with van der Waals surface area (Å²) in [6, 6.07) is 5.64. The highest BCUT2D eigenvalue weighted by Gasteiger charge is 2.12. The monoisotopic (exact) mass is 239 g/mol. The van der Waals surface area contributed by atoms with Gasteiger partial charge in [-0.3, -0.25) is 0 Å². The van der Waals surface area contributed by atoms with Crippen LogP contribution in [0, 0.1) is 5.92 Å². The smallest absolute Gasteiger partial charge is 0.0115 e. The quantitative estimate of drug-likeness (QED) is 0.755. The first-order valence-corrected chi connectivity index (χ1v) is 7.28. The molecule has 0 aliphatic heterocycles. The van der Waals surface area contributed by atoms with E-state index in [-0.39, 0.29) is 0 Å². The van der Waals surface area contributed by atoms with E-state index >= 15 is 0 Å². The summed E-state index contributed by atoms with van der Waals surface area (Å²) < 4.78 is 0. The van der Waals surface area contributed by atoms with Crippen LogP contribution < -0.4 is 5.32 Å². The first kappa shape index (κ1) is 13.7. The molecule has 0 aliphatic rings. The lowest BCUT2D eigenvalue weighted by atomic mass is 10.0. The molecule has 16 heavy (non-hydrogen) atoms. The normalized spacial score (nSPS) is 15.3. The van der Waals surface area contributed by atoms with Crippen molar-refractivity contribution < 1.29 is 0 Å². The van der Waals surface area contributed by atoms with E-state index in [0.717, 1.165) is 5.92 Å². The molecule has 2 atom stereocenters. The van der Waals surface area contributed by atoms with E-state index in [4.69, 9.17) is 0 Å². The summed E-state index contributed by atoms with van der Waals surface area (Å²) in [5, 5.41) is 5.91. The Bertz CT molecular complexity index is 266. The predicted octanol–water partition coefficient (Wildman–Crippen LogP) is 4.09. The number of hydrogen-bond acceptors (Lipinski definition) is 2. The molecular formula is C14H25NS. The molecule has 1 rings (SSSR count).